The van der Waals surface area contributed by atoms with Crippen molar-refractivity contribution in [2.45, 2.75) is 217 Å². The minimum Gasteiger partial charge on any atom is -0.445 e. The summed E-state index contributed by atoms with van der Waals surface area (Å²) in [5, 5.41) is 71.7. The Morgan fingerprint density at radius 3 is 1.81 bits per heavy atom. The lowest BCUT2D eigenvalue weighted by molar-refractivity contribution is -0.384. The minimum atomic E-state index is -1.95. The molecule has 2 saturated carbocycles. The first-order valence-electron chi connectivity index (χ1n) is 26.5. The zero-order chi connectivity index (χ0) is 60.0. The molecule has 0 bridgehead atoms. The summed E-state index contributed by atoms with van der Waals surface area (Å²) in [6, 6.07) is 0.293. The Hall–Kier alpha value is -5.88. The summed E-state index contributed by atoms with van der Waals surface area (Å²) in [5.74, 6) is -1.65. The molecule has 0 aromatic heterocycles. The summed E-state index contributed by atoms with van der Waals surface area (Å²) in [6.07, 6.45) is -17.5. The molecule has 1 aromatic carbocycles. The van der Waals surface area contributed by atoms with Crippen LogP contribution in [0.5, 0.6) is 0 Å². The van der Waals surface area contributed by atoms with Crippen LogP contribution < -0.4 is 26.6 Å². The van der Waals surface area contributed by atoms with Crippen LogP contribution >= 0.6 is 0 Å². The zero-order valence-corrected chi connectivity index (χ0v) is 48.0. The molecule has 1 aromatic rings. The number of aliphatic hydroxyl groups is 4. The number of likely N-dealkylation sites (N-methyl/N-ethyl adjacent to an activating group) is 1. The third-order valence-corrected chi connectivity index (χ3v) is 13.0. The number of alkyl carbamates (subject to hydrolysis) is 4. The molecule has 14 unspecified atom stereocenters. The number of nitrogens with zero attached hydrogens (tertiary/aromatic N) is 2. The van der Waals surface area contributed by atoms with Crippen molar-refractivity contribution < 1.29 is 96.7 Å². The average Bonchev–Trinajstić information content (AvgIpc) is 3.98. The molecule has 4 aliphatic rings. The molecule has 28 heteroatoms. The number of rotatable bonds is 17. The number of fused-ring (bicyclic) bond motifs is 1. The largest absolute Gasteiger partial charge is 0.445 e. The monoisotopic (exact) mass is 1140 g/mol. The summed E-state index contributed by atoms with van der Waals surface area (Å²) < 4.78 is 52.8. The first kappa shape index (κ1) is 64.9. The normalized spacial score (nSPS) is 29.9. The van der Waals surface area contributed by atoms with E-state index in [1.807, 2.05) is 0 Å². The molecule has 9 N–H and O–H groups in total. The molecule has 4 fully saturated rings. The average molecular weight is 1140 g/mol. The highest BCUT2D eigenvalue weighted by Crippen LogP contribution is 2.50. The van der Waals surface area contributed by atoms with Crippen LogP contribution in [0.4, 0.5) is 29.7 Å². The minimum absolute atomic E-state index is 0.0378. The molecular formula is C52H83N7O21. The van der Waals surface area contributed by atoms with Crippen molar-refractivity contribution in [3.8, 4) is 0 Å². The summed E-state index contributed by atoms with van der Waals surface area (Å²) in [4.78, 5) is 91.1. The van der Waals surface area contributed by atoms with Crippen molar-refractivity contribution in [3.63, 3.8) is 0 Å². The quantitative estimate of drug-likeness (QED) is 0.0615. The van der Waals surface area contributed by atoms with E-state index in [9.17, 15) is 59.3 Å². The lowest BCUT2D eigenvalue weighted by Crippen LogP contribution is -2.71. The van der Waals surface area contributed by atoms with Gasteiger partial charge in [0.05, 0.1) is 41.8 Å². The van der Waals surface area contributed by atoms with Gasteiger partial charge in [-0.15, -0.1) is 0 Å². The number of hydrogen-bond acceptors (Lipinski definition) is 21. The number of nitro benzene ring substituents is 1. The van der Waals surface area contributed by atoms with E-state index in [2.05, 4.69) is 26.6 Å². The van der Waals surface area contributed by atoms with Gasteiger partial charge in [-0.3, -0.25) is 14.9 Å². The molecule has 5 rings (SSSR count). The molecule has 6 amide bonds. The zero-order valence-electron chi connectivity index (χ0n) is 48.0. The Morgan fingerprint density at radius 2 is 1.26 bits per heavy atom. The molecule has 2 aliphatic heterocycles. The maximum Gasteiger partial charge on any atom is 0.410 e. The molecule has 80 heavy (non-hydrogen) atoms. The van der Waals surface area contributed by atoms with E-state index in [0.29, 0.717) is 5.56 Å². The van der Waals surface area contributed by atoms with Crippen molar-refractivity contribution in [1.29, 1.82) is 0 Å². The van der Waals surface area contributed by atoms with Gasteiger partial charge in [0.1, 0.15) is 65.1 Å². The molecule has 0 spiro atoms. The van der Waals surface area contributed by atoms with E-state index >= 15 is 0 Å². The Bertz CT molecular complexity index is 2330. The number of non-ortho nitro benzene ring substituents is 1. The van der Waals surface area contributed by atoms with Gasteiger partial charge >= 0.3 is 30.5 Å². The van der Waals surface area contributed by atoms with Crippen LogP contribution in [0.15, 0.2) is 24.3 Å². The standard InChI is InChI=1S/C52H83N7O21/c1-48(2,3)77-44(65)53-20-19-33(60)40(63)55-30-22-31(56-45(66)78-49(4,5)6)38(34(61)37(30)76-42-35(62)39(52(13,69)25-73-42)58(14)47(68)80-51(10,11)12)75-41-32(57-46(67)79-50(7,8)9)21-28-29(36(28)74-41)23-54-43(64)72-24-26-15-17-27(18-16-26)59(70)71/h15-18,28-39,41-42,60-62,69H,19-25H2,1-14H3,(H,53,65)(H,54,64)(H,55,63)(H,56,66)(H,57,67)/t28-,29?,30?,31?,32?,33?,34?,35?,36?,37?,38?,39?,41?,42?,52?/m1/s1. The number of nitrogens with one attached hydrogen (secondary N) is 5. The van der Waals surface area contributed by atoms with Crippen LogP contribution in [-0.4, -0.2) is 195 Å². The highest BCUT2D eigenvalue weighted by atomic mass is 16.7. The number of ether oxygens (including phenoxy) is 9. The van der Waals surface area contributed by atoms with E-state index in [1.165, 1.54) is 38.2 Å². The van der Waals surface area contributed by atoms with Crippen molar-refractivity contribution in [1.82, 2.24) is 31.5 Å². The van der Waals surface area contributed by atoms with Gasteiger partial charge < -0.3 is 94.5 Å². The van der Waals surface area contributed by atoms with Gasteiger partial charge in [-0.1, -0.05) is 0 Å². The van der Waals surface area contributed by atoms with Crippen molar-refractivity contribution in [2.24, 2.45) is 11.8 Å². The summed E-state index contributed by atoms with van der Waals surface area (Å²) in [5.41, 5.74) is -5.34. The maximum absolute atomic E-state index is 13.9. The van der Waals surface area contributed by atoms with Crippen LogP contribution in [-0.2, 0) is 54.0 Å². The predicted molar refractivity (Wildman–Crippen MR) is 279 cm³/mol. The molecule has 2 aliphatic carbocycles. The molecule has 28 nitrogen and oxygen atoms in total. The lowest BCUT2D eigenvalue weighted by atomic mass is 9.82. The third-order valence-electron chi connectivity index (χ3n) is 13.0. The van der Waals surface area contributed by atoms with Gasteiger partial charge in [-0.05, 0) is 133 Å². The topological polar surface area (TPSA) is 373 Å². The number of carbonyl (C=O) groups is 6. The molecular weight excluding hydrogens is 1060 g/mol. The number of nitro groups is 1. The summed E-state index contributed by atoms with van der Waals surface area (Å²) in [6.45, 7) is 20.1. The molecule has 2 heterocycles. The fourth-order valence-corrected chi connectivity index (χ4v) is 9.48. The van der Waals surface area contributed by atoms with Crippen molar-refractivity contribution >= 4 is 42.1 Å². The van der Waals surface area contributed by atoms with Crippen molar-refractivity contribution in [3.05, 3.63) is 39.9 Å². The van der Waals surface area contributed by atoms with E-state index < -0.39 is 149 Å². The first-order valence-corrected chi connectivity index (χ1v) is 26.5. The molecule has 452 valence electrons. The highest BCUT2D eigenvalue weighted by molar-refractivity contribution is 5.81. The lowest BCUT2D eigenvalue weighted by Gasteiger charge is -2.50. The SMILES string of the molecule is CN(C(=O)OC(C)(C)C)C1C(O)C(OC2C(NC(=O)C(O)CCNC(=O)OC(C)(C)C)CC(NC(=O)OC(C)(C)C)C(OC3OC4C(CNC(=O)OCc5ccc([N+](=O)[O-])cc5)[C@H]4CC3NC(=O)OC(C)(C)C)C2O)OCC1(C)O. The number of benzene rings is 1. The van der Waals surface area contributed by atoms with Crippen LogP contribution in [0, 0.1) is 22.0 Å². The fourth-order valence-electron chi connectivity index (χ4n) is 9.48. The van der Waals surface area contributed by atoms with Crippen LogP contribution in [0.1, 0.15) is 115 Å². The van der Waals surface area contributed by atoms with Crippen molar-refractivity contribution in [2.75, 3.05) is 26.7 Å². The number of carbonyl (C=O) groups excluding carboxylic acids is 6. The van der Waals surface area contributed by atoms with Crippen LogP contribution in [0.2, 0.25) is 0 Å². The predicted octanol–water partition coefficient (Wildman–Crippen LogP) is 2.97. The van der Waals surface area contributed by atoms with Gasteiger partial charge in [0.2, 0.25) is 5.91 Å². The van der Waals surface area contributed by atoms with E-state index in [-0.39, 0.29) is 56.5 Å². The van der Waals surface area contributed by atoms with Gasteiger partial charge in [-0.2, -0.15) is 0 Å². The van der Waals surface area contributed by atoms with Gasteiger partial charge in [-0.25, -0.2) is 24.0 Å². The number of aliphatic hydroxyl groups excluding tert-OH is 3. The second-order valence-electron chi connectivity index (χ2n) is 24.8. The Kier molecular flexibility index (Phi) is 21.0. The van der Waals surface area contributed by atoms with Crippen LogP contribution in [0.25, 0.3) is 0 Å². The van der Waals surface area contributed by atoms with E-state index in [4.69, 9.17) is 42.6 Å². The second kappa shape index (κ2) is 25.9. The fraction of sp³-hybridized carbons (Fsp3) is 0.769. The summed E-state index contributed by atoms with van der Waals surface area (Å²) in [7, 11) is 1.29. The van der Waals surface area contributed by atoms with Crippen LogP contribution in [0.3, 0.4) is 0 Å². The van der Waals surface area contributed by atoms with Gasteiger partial charge in [0, 0.05) is 38.2 Å². The summed E-state index contributed by atoms with van der Waals surface area (Å²) >= 11 is 0. The highest BCUT2D eigenvalue weighted by Gasteiger charge is 2.60. The molecule has 15 atom stereocenters. The molecule has 2 saturated heterocycles. The van der Waals surface area contributed by atoms with E-state index in [0.717, 1.165) is 4.90 Å². The van der Waals surface area contributed by atoms with Gasteiger partial charge in [0.25, 0.3) is 5.69 Å². The van der Waals surface area contributed by atoms with E-state index in [1.54, 1.807) is 83.1 Å². The molecule has 0 radical (unpaired) electrons. The maximum atomic E-state index is 13.9. The smallest absolute Gasteiger partial charge is 0.410 e. The number of amides is 6. The number of hydrogen-bond donors (Lipinski definition) is 9. The Morgan fingerprint density at radius 1 is 0.738 bits per heavy atom. The Labute approximate surface area is 465 Å². The Balaban J connectivity index is 1.46. The second-order valence-corrected chi connectivity index (χ2v) is 24.8. The van der Waals surface area contributed by atoms with Gasteiger partial charge in [0.15, 0.2) is 12.6 Å². The first-order chi connectivity index (χ1) is 36.8. The third kappa shape index (κ3) is 19.1.